The third-order valence-electron chi connectivity index (χ3n) is 5.91. The molecule has 2 aromatic heterocycles. The van der Waals surface area contributed by atoms with Gasteiger partial charge in [-0.15, -0.1) is 0 Å². The Morgan fingerprint density at radius 3 is 2.71 bits per heavy atom. The zero-order valence-corrected chi connectivity index (χ0v) is 18.8. The highest BCUT2D eigenvalue weighted by atomic mass is 19.1. The lowest BCUT2D eigenvalue weighted by molar-refractivity contribution is -0.117. The van der Waals surface area contributed by atoms with E-state index >= 15 is 0 Å². The fourth-order valence-electron chi connectivity index (χ4n) is 4.20. The van der Waals surface area contributed by atoms with E-state index in [0.717, 1.165) is 5.56 Å². The number of amides is 1. The lowest BCUT2D eigenvalue weighted by Gasteiger charge is -2.20. The maximum Gasteiger partial charge on any atom is 0.337 e. The number of anilines is 3. The molecular formula is C25H21FN6O3. The number of benzene rings is 2. The highest BCUT2D eigenvalue weighted by Gasteiger charge is 2.31. The Morgan fingerprint density at radius 2 is 1.97 bits per heavy atom. The molecule has 0 saturated carbocycles. The van der Waals surface area contributed by atoms with Crippen LogP contribution >= 0.6 is 0 Å². The van der Waals surface area contributed by atoms with E-state index < -0.39 is 11.8 Å². The number of hydrogen-bond donors (Lipinski definition) is 2. The number of carbonyl (C=O) groups is 2. The summed E-state index contributed by atoms with van der Waals surface area (Å²) in [6, 6.07) is 12.9. The topological polar surface area (TPSA) is 113 Å². The van der Waals surface area contributed by atoms with Crippen molar-refractivity contribution in [2.45, 2.75) is 12.8 Å². The van der Waals surface area contributed by atoms with Crippen LogP contribution in [-0.2, 0) is 24.7 Å². The molecule has 1 amide bonds. The average Bonchev–Trinajstić information content (AvgIpc) is 3.46. The number of aryl methyl sites for hydroxylation is 1. The lowest BCUT2D eigenvalue weighted by atomic mass is 10.0. The summed E-state index contributed by atoms with van der Waals surface area (Å²) < 4.78 is 15.7. The van der Waals surface area contributed by atoms with Crippen LogP contribution < -0.4 is 10.2 Å². The minimum absolute atomic E-state index is 0.00311. The highest BCUT2D eigenvalue weighted by Crippen LogP contribution is 2.36. The Morgan fingerprint density at radius 1 is 1.14 bits per heavy atom. The lowest BCUT2D eigenvalue weighted by Crippen LogP contribution is -2.31. The third kappa shape index (κ3) is 4.33. The van der Waals surface area contributed by atoms with Gasteiger partial charge in [0.1, 0.15) is 11.6 Å². The Kier molecular flexibility index (Phi) is 5.69. The first-order valence-corrected chi connectivity index (χ1v) is 10.9. The molecule has 35 heavy (non-hydrogen) atoms. The predicted molar refractivity (Wildman–Crippen MR) is 127 cm³/mol. The second kappa shape index (κ2) is 8.98. The Bertz CT molecular complexity index is 1450. The van der Waals surface area contributed by atoms with Crippen molar-refractivity contribution in [2.24, 2.45) is 7.05 Å². The number of fused-ring (bicyclic) bond motifs is 1. The molecule has 1 aliphatic heterocycles. The number of aromatic carboxylic acids is 1. The number of nitrogens with zero attached hydrogens (tertiary/aromatic N) is 5. The van der Waals surface area contributed by atoms with Gasteiger partial charge in [0.2, 0.25) is 11.9 Å². The van der Waals surface area contributed by atoms with Gasteiger partial charge >= 0.3 is 5.97 Å². The van der Waals surface area contributed by atoms with E-state index in [1.807, 2.05) is 6.07 Å². The summed E-state index contributed by atoms with van der Waals surface area (Å²) >= 11 is 0. The standard InChI is InChI=1S/C25H21FN6O3/c1-31-21(7-10-28-31)30-25-27-9-6-20(29-25)17-12-16-8-11-32(23(16)18(13-17)24(34)35)22(33)14-15-4-2-3-5-19(15)26/h2-7,9-10,12-13H,8,11,14H2,1H3,(H,34,35)(H,27,29,30). The van der Waals surface area contributed by atoms with E-state index in [9.17, 15) is 19.1 Å². The Balaban J connectivity index is 1.47. The van der Waals surface area contributed by atoms with Crippen molar-refractivity contribution in [2.75, 3.05) is 16.8 Å². The highest BCUT2D eigenvalue weighted by molar-refractivity contribution is 6.05. The summed E-state index contributed by atoms with van der Waals surface area (Å²) in [5, 5.41) is 17.1. The number of nitrogens with one attached hydrogen (secondary N) is 1. The summed E-state index contributed by atoms with van der Waals surface area (Å²) in [5.74, 6) is -0.936. The number of rotatable bonds is 6. The molecule has 0 atom stereocenters. The first-order valence-electron chi connectivity index (χ1n) is 10.9. The van der Waals surface area contributed by atoms with Crippen molar-refractivity contribution >= 4 is 29.3 Å². The molecule has 5 rings (SSSR count). The minimum atomic E-state index is -1.16. The SMILES string of the molecule is Cn1nccc1Nc1nccc(-c2cc3c(c(C(=O)O)c2)N(C(=O)Cc2ccccc2F)CC3)n1. The molecule has 9 nitrogen and oxygen atoms in total. The van der Waals surface area contributed by atoms with Crippen molar-refractivity contribution in [3.63, 3.8) is 0 Å². The number of carboxylic acids is 1. The van der Waals surface area contributed by atoms with Crippen molar-refractivity contribution in [3.8, 4) is 11.3 Å². The molecule has 0 fully saturated rings. The second-order valence-electron chi connectivity index (χ2n) is 8.13. The van der Waals surface area contributed by atoms with E-state index in [-0.39, 0.29) is 23.5 Å². The quantitative estimate of drug-likeness (QED) is 0.441. The second-order valence-corrected chi connectivity index (χ2v) is 8.13. The van der Waals surface area contributed by atoms with Gasteiger partial charge < -0.3 is 15.3 Å². The van der Waals surface area contributed by atoms with Gasteiger partial charge in [0.25, 0.3) is 0 Å². The fourth-order valence-corrected chi connectivity index (χ4v) is 4.20. The van der Waals surface area contributed by atoms with E-state index in [0.29, 0.717) is 41.7 Å². The van der Waals surface area contributed by atoms with Crippen LogP contribution in [0, 0.1) is 5.82 Å². The van der Waals surface area contributed by atoms with Gasteiger partial charge in [-0.3, -0.25) is 9.48 Å². The number of hydrogen-bond acceptors (Lipinski definition) is 6. The van der Waals surface area contributed by atoms with E-state index in [4.69, 9.17) is 0 Å². The van der Waals surface area contributed by atoms with E-state index in [1.165, 1.54) is 17.0 Å². The Labute approximate surface area is 199 Å². The first-order chi connectivity index (χ1) is 16.9. The summed E-state index contributed by atoms with van der Waals surface area (Å²) in [6.45, 7) is 0.323. The van der Waals surface area contributed by atoms with Crippen LogP contribution in [0.3, 0.4) is 0 Å². The van der Waals surface area contributed by atoms with Crippen LogP contribution in [0.15, 0.2) is 60.9 Å². The van der Waals surface area contributed by atoms with E-state index in [1.54, 1.807) is 54.5 Å². The average molecular weight is 472 g/mol. The fraction of sp³-hybridized carbons (Fsp3) is 0.160. The summed E-state index contributed by atoms with van der Waals surface area (Å²) in [7, 11) is 1.78. The smallest absolute Gasteiger partial charge is 0.337 e. The molecule has 176 valence electrons. The zero-order valence-electron chi connectivity index (χ0n) is 18.8. The molecule has 3 heterocycles. The maximum atomic E-state index is 14.1. The van der Waals surface area contributed by atoms with Gasteiger partial charge in [0.15, 0.2) is 0 Å². The van der Waals surface area contributed by atoms with Crippen LogP contribution in [0.5, 0.6) is 0 Å². The summed E-state index contributed by atoms with van der Waals surface area (Å²) in [4.78, 5) is 35.4. The predicted octanol–water partition coefficient (Wildman–Crippen LogP) is 3.59. The van der Waals surface area contributed by atoms with Crippen molar-refractivity contribution < 1.29 is 19.1 Å². The molecule has 4 aromatic rings. The van der Waals surface area contributed by atoms with Gasteiger partial charge in [-0.2, -0.15) is 5.10 Å². The van der Waals surface area contributed by atoms with Gasteiger partial charge in [0.05, 0.1) is 29.6 Å². The molecule has 10 heteroatoms. The molecule has 0 unspecified atom stereocenters. The van der Waals surface area contributed by atoms with Gasteiger partial charge in [-0.1, -0.05) is 18.2 Å². The van der Waals surface area contributed by atoms with Crippen LogP contribution in [0.4, 0.5) is 21.8 Å². The molecule has 1 aliphatic rings. The molecule has 0 radical (unpaired) electrons. The van der Waals surface area contributed by atoms with Crippen molar-refractivity contribution in [1.82, 2.24) is 19.7 Å². The molecule has 0 bridgehead atoms. The maximum absolute atomic E-state index is 14.1. The van der Waals surface area contributed by atoms with Gasteiger partial charge in [0, 0.05) is 31.4 Å². The van der Waals surface area contributed by atoms with Crippen molar-refractivity contribution in [3.05, 3.63) is 83.4 Å². The van der Waals surface area contributed by atoms with Crippen LogP contribution in [0.2, 0.25) is 0 Å². The Hall–Kier alpha value is -4.60. The molecule has 0 spiro atoms. The summed E-state index contributed by atoms with van der Waals surface area (Å²) in [6.07, 6.45) is 3.56. The van der Waals surface area contributed by atoms with Crippen molar-refractivity contribution in [1.29, 1.82) is 0 Å². The number of aromatic nitrogens is 4. The normalized spacial score (nSPS) is 12.5. The minimum Gasteiger partial charge on any atom is -0.478 e. The number of carbonyl (C=O) groups excluding carboxylic acids is 1. The summed E-state index contributed by atoms with van der Waals surface area (Å²) in [5.41, 5.74) is 2.48. The number of halogens is 1. The molecule has 2 N–H and O–H groups in total. The molecule has 0 aliphatic carbocycles. The monoisotopic (exact) mass is 472 g/mol. The zero-order chi connectivity index (χ0) is 24.5. The number of carboxylic acid groups (broad SMARTS) is 1. The molecular weight excluding hydrogens is 451 g/mol. The van der Waals surface area contributed by atoms with E-state index in [2.05, 4.69) is 20.4 Å². The van der Waals surface area contributed by atoms with Crippen LogP contribution in [-0.4, -0.2) is 43.3 Å². The first kappa shape index (κ1) is 22.2. The van der Waals surface area contributed by atoms with Gasteiger partial charge in [-0.05, 0) is 41.8 Å². The largest absolute Gasteiger partial charge is 0.478 e. The molecule has 2 aromatic carbocycles. The van der Waals surface area contributed by atoms with Crippen LogP contribution in [0.25, 0.3) is 11.3 Å². The third-order valence-corrected chi connectivity index (χ3v) is 5.91. The molecule has 0 saturated heterocycles. The van der Waals surface area contributed by atoms with Crippen LogP contribution in [0.1, 0.15) is 21.5 Å². The van der Waals surface area contributed by atoms with Gasteiger partial charge in [-0.25, -0.2) is 19.2 Å².